The minimum Gasteiger partial charge on any atom is -0.507 e. The average Bonchev–Trinajstić information content (AvgIpc) is 2.68. The van der Waals surface area contributed by atoms with E-state index in [2.05, 4.69) is 4.98 Å². The van der Waals surface area contributed by atoms with Gasteiger partial charge in [0.25, 0.3) is 5.56 Å². The van der Waals surface area contributed by atoms with E-state index in [0.717, 1.165) is 5.56 Å². The Morgan fingerprint density at radius 1 is 1.00 bits per heavy atom. The lowest BCUT2D eigenvalue weighted by atomic mass is 10.1. The number of aromatic hydroxyl groups is 1. The molecule has 0 aliphatic rings. The third-order valence-corrected chi connectivity index (χ3v) is 4.90. The summed E-state index contributed by atoms with van der Waals surface area (Å²) in [5, 5.41) is 10.9. The number of hydrogen-bond donors (Lipinski definition) is 1. The zero-order valence-electron chi connectivity index (χ0n) is 15.4. The van der Waals surface area contributed by atoms with Crippen molar-refractivity contribution in [1.29, 1.82) is 0 Å². The summed E-state index contributed by atoms with van der Waals surface area (Å²) >= 11 is 0. The van der Waals surface area contributed by atoms with Crippen molar-refractivity contribution < 1.29 is 9.50 Å². The third-order valence-electron chi connectivity index (χ3n) is 4.90. The molecule has 0 amide bonds. The summed E-state index contributed by atoms with van der Waals surface area (Å²) in [5.41, 5.74) is 2.21. The quantitative estimate of drug-likeness (QED) is 0.574. The number of rotatable bonds is 4. The van der Waals surface area contributed by atoms with Crippen molar-refractivity contribution in [2.75, 3.05) is 0 Å². The molecule has 5 heteroatoms. The first-order valence-electron chi connectivity index (χ1n) is 9.08. The number of fused-ring (bicyclic) bond motifs is 1. The van der Waals surface area contributed by atoms with Gasteiger partial charge in [0.05, 0.1) is 16.5 Å². The smallest absolute Gasteiger partial charge is 0.261 e. The minimum absolute atomic E-state index is 0.0426. The molecule has 0 fully saturated rings. The Hall–Kier alpha value is -3.47. The standard InChI is InChI=1S/C23H19FN2O2/c1-15-7-6-11-19-21(15)23(28)26(14-13-16-8-2-4-10-18(16)24)22(25-19)17-9-3-5-12-20(17)27/h2-12,27H,13-14H2,1H3. The molecule has 1 N–H and O–H groups in total. The Morgan fingerprint density at radius 3 is 2.54 bits per heavy atom. The first kappa shape index (κ1) is 17.9. The van der Waals surface area contributed by atoms with E-state index in [1.54, 1.807) is 48.5 Å². The Balaban J connectivity index is 1.92. The first-order chi connectivity index (χ1) is 13.6. The van der Waals surface area contributed by atoms with Crippen LogP contribution in [-0.2, 0) is 13.0 Å². The van der Waals surface area contributed by atoms with E-state index in [-0.39, 0.29) is 23.7 Å². The van der Waals surface area contributed by atoms with Crippen LogP contribution in [-0.4, -0.2) is 14.7 Å². The van der Waals surface area contributed by atoms with Gasteiger partial charge < -0.3 is 5.11 Å². The van der Waals surface area contributed by atoms with Gasteiger partial charge in [-0.25, -0.2) is 9.37 Å². The molecular weight excluding hydrogens is 355 g/mol. The number of hydrogen-bond acceptors (Lipinski definition) is 3. The number of nitrogens with zero attached hydrogens (tertiary/aromatic N) is 2. The summed E-state index contributed by atoms with van der Waals surface area (Å²) in [6.45, 7) is 2.12. The van der Waals surface area contributed by atoms with Crippen molar-refractivity contribution in [3.63, 3.8) is 0 Å². The molecule has 140 valence electrons. The molecule has 4 rings (SSSR count). The summed E-state index contributed by atoms with van der Waals surface area (Å²) < 4.78 is 15.6. The molecule has 1 aromatic heterocycles. The maximum atomic E-state index is 14.1. The Kier molecular flexibility index (Phi) is 4.65. The molecule has 1 heterocycles. The number of para-hydroxylation sites is 1. The predicted octanol–water partition coefficient (Wildman–Crippen LogP) is 4.46. The predicted molar refractivity (Wildman–Crippen MR) is 108 cm³/mol. The van der Waals surface area contributed by atoms with Crippen molar-refractivity contribution in [2.45, 2.75) is 19.9 Å². The lowest BCUT2D eigenvalue weighted by molar-refractivity contribution is 0.476. The van der Waals surface area contributed by atoms with Gasteiger partial charge in [0.2, 0.25) is 0 Å². The van der Waals surface area contributed by atoms with Crippen LogP contribution in [0.2, 0.25) is 0 Å². The van der Waals surface area contributed by atoms with Crippen molar-refractivity contribution in [3.05, 3.63) is 94.0 Å². The number of aromatic nitrogens is 2. The third kappa shape index (κ3) is 3.16. The van der Waals surface area contributed by atoms with E-state index >= 15 is 0 Å². The molecule has 0 unspecified atom stereocenters. The van der Waals surface area contributed by atoms with Gasteiger partial charge in [0.15, 0.2) is 0 Å². The fourth-order valence-electron chi connectivity index (χ4n) is 3.44. The molecule has 0 saturated heterocycles. The van der Waals surface area contributed by atoms with Crippen LogP contribution in [0.4, 0.5) is 4.39 Å². The molecule has 0 aliphatic heterocycles. The summed E-state index contributed by atoms with van der Waals surface area (Å²) in [7, 11) is 0. The van der Waals surface area contributed by atoms with Crippen LogP contribution in [0.1, 0.15) is 11.1 Å². The van der Waals surface area contributed by atoms with E-state index in [4.69, 9.17) is 0 Å². The molecular formula is C23H19FN2O2. The second-order valence-electron chi connectivity index (χ2n) is 6.72. The number of phenols is 1. The van der Waals surface area contributed by atoms with Gasteiger partial charge in [0.1, 0.15) is 17.4 Å². The highest BCUT2D eigenvalue weighted by Gasteiger charge is 2.16. The summed E-state index contributed by atoms with van der Waals surface area (Å²) in [5.74, 6) is 0.114. The molecule has 0 radical (unpaired) electrons. The van der Waals surface area contributed by atoms with Crippen LogP contribution in [0, 0.1) is 12.7 Å². The van der Waals surface area contributed by atoms with Crippen molar-refractivity contribution in [3.8, 4) is 17.1 Å². The molecule has 28 heavy (non-hydrogen) atoms. The number of phenolic OH excluding ortho intramolecular Hbond substituents is 1. The number of halogens is 1. The lowest BCUT2D eigenvalue weighted by Gasteiger charge is -2.15. The highest BCUT2D eigenvalue weighted by atomic mass is 19.1. The summed E-state index contributed by atoms with van der Waals surface area (Å²) in [6.07, 6.45) is 0.340. The lowest BCUT2D eigenvalue weighted by Crippen LogP contribution is -2.25. The van der Waals surface area contributed by atoms with Gasteiger partial charge in [-0.15, -0.1) is 0 Å². The second-order valence-corrected chi connectivity index (χ2v) is 6.72. The van der Waals surface area contributed by atoms with Crippen LogP contribution in [0.15, 0.2) is 71.5 Å². The molecule has 4 aromatic rings. The summed E-state index contributed by atoms with van der Waals surface area (Å²) in [6, 6.07) is 18.8. The van der Waals surface area contributed by atoms with E-state index in [1.807, 2.05) is 19.1 Å². The largest absolute Gasteiger partial charge is 0.507 e. The van der Waals surface area contributed by atoms with Gasteiger partial charge in [-0.2, -0.15) is 0 Å². The molecule has 0 atom stereocenters. The average molecular weight is 374 g/mol. The van der Waals surface area contributed by atoms with Crippen molar-refractivity contribution in [1.82, 2.24) is 9.55 Å². The Bertz CT molecular complexity index is 1230. The van der Waals surface area contributed by atoms with Crippen LogP contribution >= 0.6 is 0 Å². The van der Waals surface area contributed by atoms with Gasteiger partial charge >= 0.3 is 0 Å². The Morgan fingerprint density at radius 2 is 1.75 bits per heavy atom. The maximum absolute atomic E-state index is 14.1. The zero-order chi connectivity index (χ0) is 19.7. The SMILES string of the molecule is Cc1cccc2nc(-c3ccccc3O)n(CCc3ccccc3F)c(=O)c12. The van der Waals surface area contributed by atoms with E-state index in [0.29, 0.717) is 34.3 Å². The molecule has 0 saturated carbocycles. The van der Waals surface area contributed by atoms with Gasteiger partial charge in [0, 0.05) is 6.54 Å². The molecule has 0 bridgehead atoms. The second kappa shape index (κ2) is 7.27. The Labute approximate surface area is 161 Å². The summed E-state index contributed by atoms with van der Waals surface area (Å²) in [4.78, 5) is 18.0. The topological polar surface area (TPSA) is 55.1 Å². The highest BCUT2D eigenvalue weighted by molar-refractivity contribution is 5.83. The molecule has 0 aliphatic carbocycles. The fourth-order valence-corrected chi connectivity index (χ4v) is 3.44. The van der Waals surface area contributed by atoms with Crippen LogP contribution < -0.4 is 5.56 Å². The molecule has 0 spiro atoms. The van der Waals surface area contributed by atoms with E-state index in [9.17, 15) is 14.3 Å². The maximum Gasteiger partial charge on any atom is 0.261 e. The fraction of sp³-hybridized carbons (Fsp3) is 0.130. The van der Waals surface area contributed by atoms with Crippen molar-refractivity contribution in [2.24, 2.45) is 0 Å². The molecule has 3 aromatic carbocycles. The van der Waals surface area contributed by atoms with Crippen LogP contribution in [0.5, 0.6) is 5.75 Å². The first-order valence-corrected chi connectivity index (χ1v) is 9.08. The van der Waals surface area contributed by atoms with Crippen molar-refractivity contribution >= 4 is 10.9 Å². The van der Waals surface area contributed by atoms with Gasteiger partial charge in [-0.3, -0.25) is 9.36 Å². The normalized spacial score (nSPS) is 11.1. The number of aryl methyl sites for hydroxylation is 2. The van der Waals surface area contributed by atoms with Gasteiger partial charge in [-0.05, 0) is 48.7 Å². The molecule has 4 nitrogen and oxygen atoms in total. The van der Waals surface area contributed by atoms with E-state index in [1.165, 1.54) is 10.6 Å². The van der Waals surface area contributed by atoms with Crippen LogP contribution in [0.3, 0.4) is 0 Å². The zero-order valence-corrected chi connectivity index (χ0v) is 15.4. The van der Waals surface area contributed by atoms with Crippen LogP contribution in [0.25, 0.3) is 22.3 Å². The van der Waals surface area contributed by atoms with E-state index < -0.39 is 0 Å². The highest BCUT2D eigenvalue weighted by Crippen LogP contribution is 2.28. The monoisotopic (exact) mass is 374 g/mol. The minimum atomic E-state index is -0.301. The number of benzene rings is 3. The van der Waals surface area contributed by atoms with Gasteiger partial charge in [-0.1, -0.05) is 42.5 Å².